The van der Waals surface area contributed by atoms with Crippen molar-refractivity contribution >= 4 is 40.3 Å². The first-order valence-electron chi connectivity index (χ1n) is 6.32. The summed E-state index contributed by atoms with van der Waals surface area (Å²) in [6, 6.07) is 16.3. The molecule has 2 aromatic carbocycles. The first-order chi connectivity index (χ1) is 9.72. The molecule has 0 spiro atoms. The van der Waals surface area contributed by atoms with Gasteiger partial charge in [0.15, 0.2) is 0 Å². The van der Waals surface area contributed by atoms with Crippen molar-refractivity contribution in [1.82, 2.24) is 0 Å². The zero-order chi connectivity index (χ0) is 13.9. The van der Waals surface area contributed by atoms with Crippen molar-refractivity contribution in [1.29, 1.82) is 0 Å². The molecule has 0 fully saturated rings. The number of benzene rings is 2. The number of para-hydroxylation sites is 1. The molecule has 5 heteroatoms. The molecule has 4 nitrogen and oxygen atoms in total. The van der Waals surface area contributed by atoms with E-state index < -0.39 is 0 Å². The predicted octanol–water partition coefficient (Wildman–Crippen LogP) is 3.19. The van der Waals surface area contributed by atoms with E-state index in [1.807, 2.05) is 44.4 Å². The van der Waals surface area contributed by atoms with Crippen LogP contribution in [0, 0.1) is 0 Å². The third-order valence-electron chi connectivity index (χ3n) is 2.96. The molecule has 0 saturated heterocycles. The summed E-state index contributed by atoms with van der Waals surface area (Å²) in [6.45, 7) is 0. The molecule has 1 heterocycles. The Labute approximate surface area is 123 Å². The number of aromatic amines is 1. The standard InChI is InChI=1S/C15H14N4Se/c1-19(2)12-9-7-11(8-10-12)17-18-15-16-13-5-3-4-6-14(13)20-15/h3-10H,1-2H3/p+1. The van der Waals surface area contributed by atoms with Crippen LogP contribution >= 0.6 is 0 Å². The fraction of sp³-hybridized carbons (Fsp3) is 0.133. The Kier molecular flexibility index (Phi) is 3.63. The van der Waals surface area contributed by atoms with Crippen LogP contribution in [-0.2, 0) is 0 Å². The number of hydrogen-bond acceptors (Lipinski definition) is 3. The molecule has 0 atom stereocenters. The van der Waals surface area contributed by atoms with Crippen molar-refractivity contribution in [2.24, 2.45) is 10.2 Å². The second-order valence-electron chi connectivity index (χ2n) is 4.64. The topological polar surface area (TPSA) is 42.1 Å². The average Bonchev–Trinajstić information content (AvgIpc) is 2.88. The molecular weight excluding hydrogens is 315 g/mol. The maximum atomic E-state index is 4.33. The van der Waals surface area contributed by atoms with E-state index in [2.05, 4.69) is 38.3 Å². The number of fused-ring (bicyclic) bond motifs is 1. The van der Waals surface area contributed by atoms with Crippen molar-refractivity contribution in [2.75, 3.05) is 19.0 Å². The van der Waals surface area contributed by atoms with Gasteiger partial charge >= 0.3 is 123 Å². The average molecular weight is 330 g/mol. The van der Waals surface area contributed by atoms with Crippen LogP contribution in [0.4, 0.5) is 16.1 Å². The van der Waals surface area contributed by atoms with Gasteiger partial charge in [-0.3, -0.25) is 0 Å². The number of anilines is 1. The van der Waals surface area contributed by atoms with Crippen LogP contribution < -0.4 is 9.88 Å². The Morgan fingerprint density at radius 2 is 1.70 bits per heavy atom. The summed E-state index contributed by atoms with van der Waals surface area (Å²) in [5, 5.41) is 8.62. The van der Waals surface area contributed by atoms with Crippen LogP contribution in [0.2, 0.25) is 0 Å². The Morgan fingerprint density at radius 1 is 0.950 bits per heavy atom. The van der Waals surface area contributed by atoms with Crippen molar-refractivity contribution < 1.29 is 4.98 Å². The van der Waals surface area contributed by atoms with Gasteiger partial charge in [-0.2, -0.15) is 0 Å². The number of nitrogens with one attached hydrogen (secondary N) is 1. The summed E-state index contributed by atoms with van der Waals surface area (Å²) in [6.07, 6.45) is 0. The van der Waals surface area contributed by atoms with Crippen LogP contribution in [0.25, 0.3) is 9.78 Å². The van der Waals surface area contributed by atoms with Gasteiger partial charge in [0.2, 0.25) is 0 Å². The van der Waals surface area contributed by atoms with Crippen molar-refractivity contribution in [3.8, 4) is 0 Å². The molecular formula is C15H15N4Se+. The van der Waals surface area contributed by atoms with E-state index in [1.54, 1.807) is 0 Å². The van der Waals surface area contributed by atoms with Crippen molar-refractivity contribution in [3.63, 3.8) is 0 Å². The molecule has 0 aliphatic carbocycles. The molecule has 0 saturated carbocycles. The number of nitrogens with zero attached hydrogens (tertiary/aromatic N) is 3. The molecule has 0 amide bonds. The number of hydrogen-bond donors (Lipinski definition) is 0. The molecule has 0 aliphatic heterocycles. The fourth-order valence-corrected chi connectivity index (χ4v) is 3.60. The molecule has 0 radical (unpaired) electrons. The van der Waals surface area contributed by atoms with E-state index in [9.17, 15) is 0 Å². The molecule has 20 heavy (non-hydrogen) atoms. The van der Waals surface area contributed by atoms with Crippen LogP contribution in [0.15, 0.2) is 58.8 Å². The third-order valence-corrected chi connectivity index (χ3v) is 4.96. The van der Waals surface area contributed by atoms with Gasteiger partial charge in [-0.15, -0.1) is 0 Å². The Hall–Kier alpha value is -1.97. The van der Waals surface area contributed by atoms with Crippen LogP contribution in [0.5, 0.6) is 0 Å². The second-order valence-corrected chi connectivity index (χ2v) is 6.80. The number of H-pyrrole nitrogens is 1. The molecule has 100 valence electrons. The molecule has 1 aromatic heterocycles. The van der Waals surface area contributed by atoms with E-state index in [1.165, 1.54) is 4.26 Å². The Balaban J connectivity index is 1.82. The van der Waals surface area contributed by atoms with E-state index in [0.29, 0.717) is 0 Å². The van der Waals surface area contributed by atoms with Crippen molar-refractivity contribution in [3.05, 3.63) is 48.5 Å². The number of rotatable bonds is 3. The summed E-state index contributed by atoms with van der Waals surface area (Å²) in [4.78, 5) is 5.37. The van der Waals surface area contributed by atoms with Gasteiger partial charge in [-0.05, 0) is 0 Å². The minimum absolute atomic E-state index is 0.226. The molecule has 0 aliphatic rings. The molecule has 1 N–H and O–H groups in total. The zero-order valence-corrected chi connectivity index (χ0v) is 13.1. The molecule has 3 aromatic rings. The number of azo groups is 1. The van der Waals surface area contributed by atoms with Gasteiger partial charge in [0.05, 0.1) is 0 Å². The van der Waals surface area contributed by atoms with Crippen LogP contribution in [0.3, 0.4) is 0 Å². The summed E-state index contributed by atoms with van der Waals surface area (Å²) in [5.74, 6) is 0. The Bertz CT molecular complexity index is 711. The third kappa shape index (κ3) is 2.79. The van der Waals surface area contributed by atoms with Gasteiger partial charge in [0.1, 0.15) is 0 Å². The van der Waals surface area contributed by atoms with Crippen molar-refractivity contribution in [2.45, 2.75) is 0 Å². The summed E-state index contributed by atoms with van der Waals surface area (Å²) >= 11 is 0.226. The van der Waals surface area contributed by atoms with Gasteiger partial charge in [0, 0.05) is 0 Å². The quantitative estimate of drug-likeness (QED) is 0.537. The van der Waals surface area contributed by atoms with Gasteiger partial charge in [0.25, 0.3) is 0 Å². The van der Waals surface area contributed by atoms with Crippen LogP contribution in [-0.4, -0.2) is 28.6 Å². The molecule has 3 rings (SSSR count). The van der Waals surface area contributed by atoms with Gasteiger partial charge in [-0.25, -0.2) is 0 Å². The maximum absolute atomic E-state index is 4.33. The summed E-state index contributed by atoms with van der Waals surface area (Å²) < 4.78 is 2.28. The second kappa shape index (κ2) is 5.57. The monoisotopic (exact) mass is 331 g/mol. The first kappa shape index (κ1) is 13.0. The SMILES string of the molecule is CN(C)c1ccc(N=Nc2[nH+]c3ccccc3[se]2)cc1. The van der Waals surface area contributed by atoms with E-state index in [4.69, 9.17) is 0 Å². The van der Waals surface area contributed by atoms with E-state index in [-0.39, 0.29) is 14.5 Å². The molecule has 0 unspecified atom stereocenters. The van der Waals surface area contributed by atoms with E-state index in [0.717, 1.165) is 21.6 Å². The number of aromatic nitrogens is 1. The molecule has 0 bridgehead atoms. The Morgan fingerprint density at radius 3 is 2.40 bits per heavy atom. The van der Waals surface area contributed by atoms with Gasteiger partial charge in [-0.1, -0.05) is 0 Å². The van der Waals surface area contributed by atoms with Crippen LogP contribution in [0.1, 0.15) is 0 Å². The minimum atomic E-state index is 0.226. The van der Waals surface area contributed by atoms with E-state index >= 15 is 0 Å². The summed E-state index contributed by atoms with van der Waals surface area (Å²) in [7, 11) is 4.04. The fourth-order valence-electron chi connectivity index (χ4n) is 1.87. The summed E-state index contributed by atoms with van der Waals surface area (Å²) in [5.41, 5.74) is 3.19. The predicted molar refractivity (Wildman–Crippen MR) is 82.4 cm³/mol. The normalized spacial score (nSPS) is 11.3. The first-order valence-corrected chi connectivity index (χ1v) is 8.04. The zero-order valence-electron chi connectivity index (χ0n) is 11.4. The van der Waals surface area contributed by atoms with Gasteiger partial charge < -0.3 is 0 Å².